The molecule has 0 radical (unpaired) electrons. The van der Waals surface area contributed by atoms with E-state index in [-0.39, 0.29) is 18.3 Å². The van der Waals surface area contributed by atoms with E-state index in [1.54, 1.807) is 6.33 Å². The van der Waals surface area contributed by atoms with Crippen molar-refractivity contribution in [1.29, 1.82) is 0 Å². The van der Waals surface area contributed by atoms with Crippen molar-refractivity contribution in [2.24, 2.45) is 5.92 Å². The van der Waals surface area contributed by atoms with Crippen LogP contribution in [0.4, 0.5) is 5.82 Å². The van der Waals surface area contributed by atoms with Crippen LogP contribution in [0.2, 0.25) is 58.9 Å². The van der Waals surface area contributed by atoms with Crippen LogP contribution in [-0.2, 0) is 24.4 Å². The van der Waals surface area contributed by atoms with Gasteiger partial charge in [-0.15, -0.1) is 0 Å². The molecule has 3 heterocycles. The topological polar surface area (TPSA) is 107 Å². The molecule has 0 unspecified atom stereocenters. The summed E-state index contributed by atoms with van der Waals surface area (Å²) in [5, 5.41) is 0. The molecule has 35 heavy (non-hydrogen) atoms. The SMILES string of the molecule is CC(C)Cc1nc(N)c2ncn([C@@H]3O[C@H](CO[Si](C)(C)C)[C@@H](O[Si](C)(C)C)[C@H]3O[Si](C)(C)C)c2n1. The van der Waals surface area contributed by atoms with Gasteiger partial charge in [-0.3, -0.25) is 4.57 Å². The fraction of sp³-hybridized carbons (Fsp3) is 0.783. The molecular formula is C23H45N5O4Si3. The first-order valence-corrected chi connectivity index (χ1v) is 22.8. The van der Waals surface area contributed by atoms with E-state index >= 15 is 0 Å². The van der Waals surface area contributed by atoms with Crippen molar-refractivity contribution in [3.8, 4) is 0 Å². The highest BCUT2D eigenvalue weighted by Crippen LogP contribution is 2.39. The lowest BCUT2D eigenvalue weighted by molar-refractivity contribution is -0.0457. The van der Waals surface area contributed by atoms with Gasteiger partial charge in [-0.05, 0) is 64.8 Å². The highest BCUT2D eigenvalue weighted by atomic mass is 28.4. The molecule has 0 aromatic carbocycles. The summed E-state index contributed by atoms with van der Waals surface area (Å²) in [4.78, 5) is 13.9. The van der Waals surface area contributed by atoms with Crippen LogP contribution in [0, 0.1) is 5.92 Å². The predicted octanol–water partition coefficient (Wildman–Crippen LogP) is 4.80. The molecule has 1 saturated heterocycles. The number of rotatable bonds is 10. The fourth-order valence-corrected chi connectivity index (χ4v) is 6.94. The standard InChI is InChI=1S/C23H45N5O4Si3/c1-15(2)12-17-26-21(24)18-22(27-17)28(14-25-18)23-20(32-35(9,10)11)19(31-34(6,7)8)16(30-23)13-29-33(3,4)5/h14-16,19-20,23H,12-13H2,1-11H3,(H2,24,26,27)/t16-,19-,20-,23-/m1/s1. The minimum absolute atomic E-state index is 0.249. The summed E-state index contributed by atoms with van der Waals surface area (Å²) in [5.74, 6) is 1.51. The van der Waals surface area contributed by atoms with Gasteiger partial charge in [0.05, 0.1) is 12.9 Å². The fourth-order valence-electron chi connectivity index (χ4n) is 4.11. The first-order valence-electron chi connectivity index (χ1n) is 12.6. The second-order valence-electron chi connectivity index (χ2n) is 12.8. The van der Waals surface area contributed by atoms with E-state index in [9.17, 15) is 0 Å². The number of imidazole rings is 1. The third kappa shape index (κ3) is 7.66. The van der Waals surface area contributed by atoms with Gasteiger partial charge in [0.15, 0.2) is 42.6 Å². The summed E-state index contributed by atoms with van der Waals surface area (Å²) in [6.07, 6.45) is 1.20. The van der Waals surface area contributed by atoms with Crippen molar-refractivity contribution in [2.45, 2.75) is 104 Å². The summed E-state index contributed by atoms with van der Waals surface area (Å²) in [5.41, 5.74) is 7.54. The summed E-state index contributed by atoms with van der Waals surface area (Å²) in [6, 6.07) is 0. The Morgan fingerprint density at radius 3 is 2.09 bits per heavy atom. The van der Waals surface area contributed by atoms with Gasteiger partial charge in [-0.2, -0.15) is 0 Å². The van der Waals surface area contributed by atoms with Gasteiger partial charge in [-0.25, -0.2) is 15.0 Å². The van der Waals surface area contributed by atoms with Crippen LogP contribution in [0.3, 0.4) is 0 Å². The molecule has 12 heteroatoms. The average molecular weight is 540 g/mol. The number of hydrogen-bond acceptors (Lipinski definition) is 8. The van der Waals surface area contributed by atoms with Crippen LogP contribution in [0.1, 0.15) is 25.9 Å². The van der Waals surface area contributed by atoms with Gasteiger partial charge in [-0.1, -0.05) is 13.8 Å². The molecule has 0 saturated carbocycles. The monoisotopic (exact) mass is 539 g/mol. The lowest BCUT2D eigenvalue weighted by atomic mass is 10.1. The number of nitrogens with two attached hydrogens (primary N) is 1. The van der Waals surface area contributed by atoms with Crippen molar-refractivity contribution in [1.82, 2.24) is 19.5 Å². The molecule has 1 aliphatic heterocycles. The second kappa shape index (κ2) is 10.3. The maximum atomic E-state index is 6.77. The zero-order valence-electron chi connectivity index (χ0n) is 23.4. The number of hydrogen-bond donors (Lipinski definition) is 1. The first kappa shape index (κ1) is 28.4. The third-order valence-corrected chi connectivity index (χ3v) is 8.30. The predicted molar refractivity (Wildman–Crippen MR) is 148 cm³/mol. The number of aromatic nitrogens is 4. The summed E-state index contributed by atoms with van der Waals surface area (Å²) < 4.78 is 28.5. The Labute approximate surface area is 213 Å². The van der Waals surface area contributed by atoms with Crippen LogP contribution in [-0.4, -0.2) is 69.4 Å². The minimum atomic E-state index is -1.96. The van der Waals surface area contributed by atoms with Crippen molar-refractivity contribution in [3.63, 3.8) is 0 Å². The molecule has 1 aliphatic rings. The molecule has 4 atom stereocenters. The van der Waals surface area contributed by atoms with Crippen molar-refractivity contribution < 1.29 is 18.0 Å². The van der Waals surface area contributed by atoms with Gasteiger partial charge in [0.1, 0.15) is 29.7 Å². The van der Waals surface area contributed by atoms with Gasteiger partial charge >= 0.3 is 0 Å². The zero-order valence-corrected chi connectivity index (χ0v) is 26.4. The number of ether oxygens (including phenoxy) is 1. The van der Waals surface area contributed by atoms with Crippen LogP contribution in [0.15, 0.2) is 6.33 Å². The first-order chi connectivity index (χ1) is 15.9. The van der Waals surface area contributed by atoms with Gasteiger partial charge in [0.2, 0.25) is 0 Å². The Morgan fingerprint density at radius 1 is 0.943 bits per heavy atom. The lowest BCUT2D eigenvalue weighted by Gasteiger charge is -2.34. The van der Waals surface area contributed by atoms with E-state index in [0.717, 1.165) is 6.42 Å². The molecular weight excluding hydrogens is 495 g/mol. The van der Waals surface area contributed by atoms with E-state index in [1.807, 2.05) is 4.57 Å². The van der Waals surface area contributed by atoms with E-state index in [4.69, 9.17) is 28.7 Å². The number of fused-ring (bicyclic) bond motifs is 1. The molecule has 0 aliphatic carbocycles. The molecule has 2 N–H and O–H groups in total. The molecule has 2 aromatic rings. The summed E-state index contributed by atoms with van der Waals surface area (Å²) in [7, 11) is -5.64. The van der Waals surface area contributed by atoms with Crippen LogP contribution >= 0.6 is 0 Å². The number of nitrogens with zero attached hydrogens (tertiary/aromatic N) is 4. The van der Waals surface area contributed by atoms with Crippen molar-refractivity contribution in [3.05, 3.63) is 12.2 Å². The van der Waals surface area contributed by atoms with Crippen LogP contribution < -0.4 is 5.73 Å². The summed E-state index contributed by atoms with van der Waals surface area (Å²) >= 11 is 0. The minimum Gasteiger partial charge on any atom is -0.415 e. The molecule has 2 aromatic heterocycles. The van der Waals surface area contributed by atoms with Gasteiger partial charge in [0, 0.05) is 6.42 Å². The van der Waals surface area contributed by atoms with E-state index in [1.165, 1.54) is 0 Å². The Kier molecular flexibility index (Phi) is 8.37. The lowest BCUT2D eigenvalue weighted by Crippen LogP contribution is -2.48. The Hall–Kier alpha value is -1.16. The normalized spacial score (nSPS) is 24.1. The van der Waals surface area contributed by atoms with E-state index in [2.05, 4.69) is 82.7 Å². The molecule has 3 rings (SSSR count). The van der Waals surface area contributed by atoms with E-state index < -0.39 is 31.2 Å². The molecule has 1 fully saturated rings. The largest absolute Gasteiger partial charge is 0.415 e. The van der Waals surface area contributed by atoms with Crippen LogP contribution in [0.5, 0.6) is 0 Å². The molecule has 0 amide bonds. The Balaban J connectivity index is 2.08. The molecule has 0 spiro atoms. The van der Waals surface area contributed by atoms with Crippen molar-refractivity contribution in [2.75, 3.05) is 12.3 Å². The van der Waals surface area contributed by atoms with Crippen molar-refractivity contribution >= 4 is 41.9 Å². The summed E-state index contributed by atoms with van der Waals surface area (Å²) in [6.45, 7) is 24.5. The van der Waals surface area contributed by atoms with Gasteiger partial charge < -0.3 is 23.7 Å². The molecule has 9 nitrogen and oxygen atoms in total. The number of anilines is 1. The smallest absolute Gasteiger partial charge is 0.184 e. The van der Waals surface area contributed by atoms with Crippen LogP contribution in [0.25, 0.3) is 11.2 Å². The molecule has 198 valence electrons. The Bertz CT molecular complexity index is 1010. The molecule has 0 bridgehead atoms. The van der Waals surface area contributed by atoms with Gasteiger partial charge in [0.25, 0.3) is 0 Å². The maximum absolute atomic E-state index is 6.77. The quantitative estimate of drug-likeness (QED) is 0.429. The maximum Gasteiger partial charge on any atom is 0.184 e. The van der Waals surface area contributed by atoms with E-state index in [0.29, 0.717) is 35.3 Å². The average Bonchev–Trinajstić information content (AvgIpc) is 3.19. The second-order valence-corrected chi connectivity index (χ2v) is 26.3. The highest BCUT2D eigenvalue weighted by Gasteiger charge is 2.50. The highest BCUT2D eigenvalue weighted by molar-refractivity contribution is 6.70. The number of nitrogen functional groups attached to an aromatic ring is 1. The zero-order chi connectivity index (χ0) is 26.3. The third-order valence-electron chi connectivity index (χ3n) is 5.31. The Morgan fingerprint density at radius 2 is 1.54 bits per heavy atom.